The van der Waals surface area contributed by atoms with Gasteiger partial charge in [-0.05, 0) is 79.5 Å². The molecule has 0 amide bonds. The van der Waals surface area contributed by atoms with Crippen LogP contribution in [-0.2, 0) is 22.3 Å². The quantitative estimate of drug-likeness (QED) is 0.462. The summed E-state index contributed by atoms with van der Waals surface area (Å²) < 4.78 is 20.3. The van der Waals surface area contributed by atoms with E-state index >= 15 is 0 Å². The molecule has 1 rings (SSSR count). The summed E-state index contributed by atoms with van der Waals surface area (Å²) in [6, 6.07) is 1.97. The van der Waals surface area contributed by atoms with Crippen molar-refractivity contribution in [2.24, 2.45) is 5.14 Å². The summed E-state index contributed by atoms with van der Waals surface area (Å²) in [5, 5.41) is 10.3. The minimum Gasteiger partial charge on any atom is -0.598 e. The van der Waals surface area contributed by atoms with Gasteiger partial charge in [-0.15, -0.1) is 0 Å². The lowest BCUT2D eigenvalue weighted by Gasteiger charge is -2.38. The Morgan fingerprint density at radius 3 is 2.42 bits per heavy atom. The highest BCUT2D eigenvalue weighted by atomic mass is 79.9. The average Bonchev–Trinajstić information content (AvgIpc) is 2.76. The van der Waals surface area contributed by atoms with Crippen LogP contribution in [0.15, 0.2) is 16.7 Å². The number of hydrogen-bond donors (Lipinski definition) is 1. The number of halogens is 1. The molecular formula is C18H34BrN3O2SSi. The largest absolute Gasteiger partial charge is 0.598 e. The smallest absolute Gasteiger partial charge is 0.192 e. The van der Waals surface area contributed by atoms with E-state index in [1.807, 2.05) is 37.6 Å². The van der Waals surface area contributed by atoms with E-state index in [2.05, 4.69) is 61.8 Å². The van der Waals surface area contributed by atoms with Crippen LogP contribution in [0.5, 0.6) is 0 Å². The maximum absolute atomic E-state index is 11.7. The minimum absolute atomic E-state index is 0.0471. The standard InChI is InChI=1S/C18H34BrN3O2SSi/c1-13(11-18(6,7)25(20)23)15-10-16(19)21-22(15)12-14(2)24-26(8,9)17(3,4)5/h10-11,14H,12,20H2,1-9H3. The van der Waals surface area contributed by atoms with Gasteiger partial charge in [-0.3, -0.25) is 4.68 Å². The van der Waals surface area contributed by atoms with Crippen LogP contribution in [-0.4, -0.2) is 33.5 Å². The lowest BCUT2D eigenvalue weighted by Crippen LogP contribution is -2.44. The fourth-order valence-electron chi connectivity index (χ4n) is 2.46. The fraction of sp³-hybridized carbons (Fsp3) is 0.722. The van der Waals surface area contributed by atoms with Crippen LogP contribution in [0.25, 0.3) is 5.57 Å². The summed E-state index contributed by atoms with van der Waals surface area (Å²) >= 11 is 2.03. The summed E-state index contributed by atoms with van der Waals surface area (Å²) in [7, 11) is -1.84. The van der Waals surface area contributed by atoms with Crippen molar-refractivity contribution in [3.63, 3.8) is 0 Å². The van der Waals surface area contributed by atoms with Gasteiger partial charge in [0.05, 0.1) is 18.3 Å². The molecule has 5 nitrogen and oxygen atoms in total. The molecule has 26 heavy (non-hydrogen) atoms. The third-order valence-electron chi connectivity index (χ3n) is 4.97. The predicted molar refractivity (Wildman–Crippen MR) is 118 cm³/mol. The third kappa shape index (κ3) is 6.20. The molecule has 0 saturated carbocycles. The van der Waals surface area contributed by atoms with Gasteiger partial charge >= 0.3 is 0 Å². The second kappa shape index (κ2) is 8.49. The molecule has 0 aliphatic heterocycles. The number of hydrogen-bond acceptors (Lipinski definition) is 4. The van der Waals surface area contributed by atoms with Gasteiger partial charge in [0, 0.05) is 11.4 Å². The molecule has 0 bridgehead atoms. The zero-order valence-corrected chi connectivity index (χ0v) is 20.9. The molecule has 0 aliphatic rings. The van der Waals surface area contributed by atoms with Gasteiger partial charge in [0.25, 0.3) is 0 Å². The SMILES string of the molecule is CC(=CC(C)(C)[S+](N)[O-])c1cc(Br)nn1CC(C)O[Si](C)(C)C(C)(C)C. The van der Waals surface area contributed by atoms with Crippen molar-refractivity contribution < 1.29 is 8.98 Å². The Balaban J connectivity index is 3.05. The first-order chi connectivity index (χ1) is 11.6. The highest BCUT2D eigenvalue weighted by molar-refractivity contribution is 9.10. The molecular weight excluding hydrogens is 430 g/mol. The maximum Gasteiger partial charge on any atom is 0.192 e. The Hall–Kier alpha value is -0.123. The molecule has 0 aromatic carbocycles. The highest BCUT2D eigenvalue weighted by Crippen LogP contribution is 2.37. The summed E-state index contributed by atoms with van der Waals surface area (Å²) in [6.45, 7) is 19.7. The van der Waals surface area contributed by atoms with Gasteiger partial charge in [-0.1, -0.05) is 20.8 Å². The number of allylic oxidation sites excluding steroid dienone is 1. The second-order valence-electron chi connectivity index (χ2n) is 8.95. The molecule has 0 spiro atoms. The van der Waals surface area contributed by atoms with Gasteiger partial charge in [0.1, 0.15) is 4.60 Å². The summed E-state index contributed by atoms with van der Waals surface area (Å²) in [6.07, 6.45) is 1.99. The molecule has 1 aromatic rings. The van der Waals surface area contributed by atoms with Crippen LogP contribution in [0.4, 0.5) is 0 Å². The van der Waals surface area contributed by atoms with Crippen molar-refractivity contribution in [2.45, 2.75) is 84.0 Å². The summed E-state index contributed by atoms with van der Waals surface area (Å²) in [4.78, 5) is 0. The highest BCUT2D eigenvalue weighted by Gasteiger charge is 2.38. The van der Waals surface area contributed by atoms with Crippen LogP contribution in [0.2, 0.25) is 18.1 Å². The lowest BCUT2D eigenvalue weighted by molar-refractivity contribution is 0.173. The zero-order chi connectivity index (χ0) is 20.5. The van der Waals surface area contributed by atoms with Gasteiger partial charge in [-0.25, -0.2) is 0 Å². The van der Waals surface area contributed by atoms with Gasteiger partial charge in [0.2, 0.25) is 0 Å². The number of nitrogens with two attached hydrogens (primary N) is 1. The van der Waals surface area contributed by atoms with Crippen LogP contribution in [0, 0.1) is 0 Å². The molecule has 0 saturated heterocycles. The molecule has 150 valence electrons. The molecule has 1 aromatic heterocycles. The van der Waals surface area contributed by atoms with Crippen molar-refractivity contribution in [2.75, 3.05) is 0 Å². The predicted octanol–water partition coefficient (Wildman–Crippen LogP) is 4.86. The van der Waals surface area contributed by atoms with E-state index in [0.29, 0.717) is 6.54 Å². The molecule has 2 atom stereocenters. The molecule has 2 unspecified atom stereocenters. The summed E-state index contributed by atoms with van der Waals surface area (Å²) in [5.74, 6) is 0. The Kier molecular flexibility index (Phi) is 7.81. The van der Waals surface area contributed by atoms with Crippen LogP contribution in [0.1, 0.15) is 54.2 Å². The average molecular weight is 465 g/mol. The van der Waals surface area contributed by atoms with Gasteiger partial charge in [0.15, 0.2) is 13.1 Å². The Morgan fingerprint density at radius 2 is 1.96 bits per heavy atom. The molecule has 0 radical (unpaired) electrons. The molecule has 8 heteroatoms. The third-order valence-corrected chi connectivity index (χ3v) is 11.1. The normalized spacial score (nSPS) is 16.7. The van der Waals surface area contributed by atoms with E-state index in [1.54, 1.807) is 0 Å². The molecule has 0 aliphatic carbocycles. The second-order valence-corrected chi connectivity index (χ2v) is 16.2. The van der Waals surface area contributed by atoms with E-state index in [1.165, 1.54) is 0 Å². The van der Waals surface area contributed by atoms with E-state index in [0.717, 1.165) is 15.9 Å². The van der Waals surface area contributed by atoms with Crippen molar-refractivity contribution in [3.8, 4) is 0 Å². The zero-order valence-electron chi connectivity index (χ0n) is 17.5. The monoisotopic (exact) mass is 463 g/mol. The van der Waals surface area contributed by atoms with Crippen LogP contribution < -0.4 is 5.14 Å². The minimum atomic E-state index is -1.84. The topological polar surface area (TPSA) is 76.1 Å². The van der Waals surface area contributed by atoms with E-state index < -0.39 is 24.4 Å². The molecule has 0 fully saturated rings. The van der Waals surface area contributed by atoms with E-state index in [9.17, 15) is 4.55 Å². The van der Waals surface area contributed by atoms with Crippen molar-refractivity contribution in [3.05, 3.63) is 22.4 Å². The number of nitrogens with zero attached hydrogens (tertiary/aromatic N) is 2. The first-order valence-corrected chi connectivity index (χ1v) is 13.8. The Bertz CT molecular complexity index is 651. The van der Waals surface area contributed by atoms with Gasteiger partial charge in [-0.2, -0.15) is 10.2 Å². The molecule has 2 N–H and O–H groups in total. The van der Waals surface area contributed by atoms with Crippen LogP contribution >= 0.6 is 15.9 Å². The van der Waals surface area contributed by atoms with Gasteiger partial charge < -0.3 is 8.98 Å². The maximum atomic E-state index is 11.7. The first-order valence-electron chi connectivity index (χ1n) is 8.84. The summed E-state index contributed by atoms with van der Waals surface area (Å²) in [5.41, 5.74) is 1.97. The fourth-order valence-corrected chi connectivity index (χ4v) is 4.59. The number of rotatable bonds is 7. The van der Waals surface area contributed by atoms with E-state index in [-0.39, 0.29) is 11.1 Å². The lowest BCUT2D eigenvalue weighted by atomic mass is 10.1. The Labute approximate surface area is 171 Å². The Morgan fingerprint density at radius 1 is 1.42 bits per heavy atom. The number of aromatic nitrogens is 2. The van der Waals surface area contributed by atoms with E-state index in [4.69, 9.17) is 9.56 Å². The van der Waals surface area contributed by atoms with Crippen molar-refractivity contribution in [1.82, 2.24) is 9.78 Å². The molecule has 1 heterocycles. The van der Waals surface area contributed by atoms with Crippen molar-refractivity contribution >= 4 is 41.2 Å². The van der Waals surface area contributed by atoms with Crippen LogP contribution in [0.3, 0.4) is 0 Å². The first kappa shape index (κ1) is 23.9. The van der Waals surface area contributed by atoms with Crippen molar-refractivity contribution in [1.29, 1.82) is 0 Å².